The molecular weight excluding hydrogens is 641 g/mol. The van der Waals surface area contributed by atoms with Crippen LogP contribution < -0.4 is 20.1 Å². The molecule has 2 N–H and O–H groups in total. The quantitative estimate of drug-likeness (QED) is 0.270. The summed E-state index contributed by atoms with van der Waals surface area (Å²) in [6, 6.07) is 4.42. The molecule has 14 heteroatoms. The summed E-state index contributed by atoms with van der Waals surface area (Å²) in [4.78, 5) is 13.4. The summed E-state index contributed by atoms with van der Waals surface area (Å²) in [5.41, 5.74) is 5.61. The Morgan fingerprint density at radius 3 is 2.93 bits per heavy atom. The molecule has 3 fully saturated rings. The molecule has 2 unspecified atom stereocenters. The van der Waals surface area contributed by atoms with Crippen LogP contribution in [0.4, 0.5) is 24.0 Å². The predicted molar refractivity (Wildman–Crippen MR) is 170 cm³/mol. The van der Waals surface area contributed by atoms with E-state index in [0.29, 0.717) is 25.4 Å². The lowest BCUT2D eigenvalue weighted by Crippen LogP contribution is -2.49. The van der Waals surface area contributed by atoms with Crippen molar-refractivity contribution in [2.75, 3.05) is 50.6 Å². The van der Waals surface area contributed by atoms with Crippen LogP contribution in [0.3, 0.4) is 0 Å². The highest BCUT2D eigenvalue weighted by molar-refractivity contribution is 7.23. The standard InChI is InChI=1S/C32H30ClF3N6O3S/c1-41-19-4-2-9-43-20(19)13-44-27-23-26(39-31(40-30(23)41)45-14-32-7-3-8-42(32)12-15(34)10-32)25(36)22(24(27)33)16-5-6-18(35)28-21(16)17(11-37)29(38)46-28/h5-6,15,19-20H,2-4,7-10,12-14,38H2,1H3/t15-,19?,20?,32+/m1/s1. The molecule has 4 aromatic rings. The summed E-state index contributed by atoms with van der Waals surface area (Å²) >= 11 is 7.94. The molecule has 0 radical (unpaired) electrons. The molecule has 2 aromatic carbocycles. The third kappa shape index (κ3) is 4.41. The number of hydrogen-bond acceptors (Lipinski definition) is 10. The summed E-state index contributed by atoms with van der Waals surface area (Å²) in [7, 11) is 1.87. The van der Waals surface area contributed by atoms with E-state index in [1.807, 2.05) is 18.0 Å². The number of nitrogen functional groups attached to an aromatic ring is 1. The van der Waals surface area contributed by atoms with Crippen LogP contribution in [0.15, 0.2) is 12.1 Å². The SMILES string of the molecule is CN1c2nc(OC[C@@]34CCCN3C[C@H](F)C4)nc3c(F)c(-c4ccc(F)c5sc(N)c(C#N)c45)c(Cl)c(c23)OCC2OCCCC21. The lowest BCUT2D eigenvalue weighted by Gasteiger charge is -2.40. The van der Waals surface area contributed by atoms with Crippen LogP contribution >= 0.6 is 22.9 Å². The molecule has 0 bridgehead atoms. The maximum Gasteiger partial charge on any atom is 0.319 e. The van der Waals surface area contributed by atoms with E-state index in [1.165, 1.54) is 12.1 Å². The molecule has 9 nitrogen and oxygen atoms in total. The number of aromatic nitrogens is 2. The maximum absolute atomic E-state index is 17.1. The monoisotopic (exact) mass is 670 g/mol. The third-order valence-corrected chi connectivity index (χ3v) is 11.4. The second kappa shape index (κ2) is 11.0. The van der Waals surface area contributed by atoms with Gasteiger partial charge in [0.2, 0.25) is 0 Å². The topological polar surface area (TPSA) is 110 Å². The molecule has 0 aliphatic carbocycles. The molecule has 0 saturated carbocycles. The summed E-state index contributed by atoms with van der Waals surface area (Å²) in [6.07, 6.45) is 2.44. The molecule has 4 aliphatic heterocycles. The number of ether oxygens (including phenoxy) is 3. The van der Waals surface area contributed by atoms with E-state index in [2.05, 4.69) is 9.88 Å². The highest BCUT2D eigenvalue weighted by atomic mass is 35.5. The van der Waals surface area contributed by atoms with Crippen molar-refractivity contribution >= 4 is 54.7 Å². The second-order valence-electron chi connectivity index (χ2n) is 12.5. The van der Waals surface area contributed by atoms with Crippen molar-refractivity contribution < 1.29 is 27.4 Å². The van der Waals surface area contributed by atoms with Crippen molar-refractivity contribution in [3.8, 4) is 29.0 Å². The van der Waals surface area contributed by atoms with Gasteiger partial charge in [-0.25, -0.2) is 13.2 Å². The normalized spacial score (nSPS) is 26.0. The van der Waals surface area contributed by atoms with E-state index >= 15 is 4.39 Å². The van der Waals surface area contributed by atoms with Crippen molar-refractivity contribution in [3.63, 3.8) is 0 Å². The van der Waals surface area contributed by atoms with Crippen LogP contribution in [0.2, 0.25) is 5.02 Å². The first-order valence-corrected chi connectivity index (χ1v) is 16.5. The molecule has 0 spiro atoms. The number of rotatable bonds is 4. The molecule has 8 rings (SSSR count). The molecule has 4 atom stereocenters. The van der Waals surface area contributed by atoms with Gasteiger partial charge in [0.15, 0.2) is 11.6 Å². The van der Waals surface area contributed by atoms with E-state index in [4.69, 9.17) is 36.5 Å². The van der Waals surface area contributed by atoms with Crippen LogP contribution in [-0.4, -0.2) is 78.7 Å². The number of nitrogens with two attached hydrogens (primary N) is 1. The Kier molecular flexibility index (Phi) is 7.13. The molecule has 0 amide bonds. The second-order valence-corrected chi connectivity index (χ2v) is 14.0. The molecule has 240 valence electrons. The van der Waals surface area contributed by atoms with Crippen molar-refractivity contribution in [2.45, 2.75) is 56.0 Å². The first-order valence-electron chi connectivity index (χ1n) is 15.3. The zero-order valence-corrected chi connectivity index (χ0v) is 26.5. The molecular formula is C32H30ClF3N6O3S. The van der Waals surface area contributed by atoms with Crippen molar-refractivity contribution in [1.82, 2.24) is 14.9 Å². The van der Waals surface area contributed by atoms with Crippen LogP contribution in [0, 0.1) is 23.0 Å². The zero-order valence-electron chi connectivity index (χ0n) is 24.9. The third-order valence-electron chi connectivity index (χ3n) is 10.0. The Bertz CT molecular complexity index is 1950. The smallest absolute Gasteiger partial charge is 0.319 e. The van der Waals surface area contributed by atoms with Gasteiger partial charge in [-0.1, -0.05) is 17.7 Å². The molecule has 46 heavy (non-hydrogen) atoms. The Morgan fingerprint density at radius 1 is 1.26 bits per heavy atom. The van der Waals surface area contributed by atoms with E-state index < -0.39 is 23.3 Å². The highest BCUT2D eigenvalue weighted by Crippen LogP contribution is 2.51. The minimum atomic E-state index is -0.942. The average Bonchev–Trinajstić information content (AvgIpc) is 3.69. The number of thiophene rings is 1. The number of benzene rings is 2. The van der Waals surface area contributed by atoms with Crippen LogP contribution in [-0.2, 0) is 4.74 Å². The zero-order chi connectivity index (χ0) is 31.9. The van der Waals surface area contributed by atoms with Gasteiger partial charge in [-0.05, 0) is 43.9 Å². The van der Waals surface area contributed by atoms with E-state index in [-0.39, 0.29) is 84.8 Å². The lowest BCUT2D eigenvalue weighted by atomic mass is 9.95. The molecule has 6 heterocycles. The van der Waals surface area contributed by atoms with Gasteiger partial charge in [-0.3, -0.25) is 4.90 Å². The number of anilines is 2. The summed E-state index contributed by atoms with van der Waals surface area (Å²) in [5.74, 6) is -0.895. The minimum absolute atomic E-state index is 0.0299. The number of nitrogens with zero attached hydrogens (tertiary/aromatic N) is 5. The number of hydrogen-bond donors (Lipinski definition) is 1. The number of fused-ring (bicyclic) bond motifs is 3. The highest BCUT2D eigenvalue weighted by Gasteiger charge is 2.49. The largest absolute Gasteiger partial charge is 0.488 e. The predicted octanol–water partition coefficient (Wildman–Crippen LogP) is 6.23. The Labute approximate surface area is 271 Å². The minimum Gasteiger partial charge on any atom is -0.488 e. The molecule has 2 aromatic heterocycles. The summed E-state index contributed by atoms with van der Waals surface area (Å²) in [6.45, 7) is 2.02. The maximum atomic E-state index is 17.1. The number of likely N-dealkylation sites (N-methyl/N-ethyl adjacent to an activating group) is 1. The Hall–Kier alpha value is -3.57. The molecule has 4 aliphatic rings. The fourth-order valence-corrected chi connectivity index (χ4v) is 9.12. The number of nitriles is 1. The van der Waals surface area contributed by atoms with E-state index in [9.17, 15) is 14.0 Å². The van der Waals surface area contributed by atoms with Gasteiger partial charge >= 0.3 is 6.01 Å². The van der Waals surface area contributed by atoms with Gasteiger partial charge in [-0.2, -0.15) is 15.2 Å². The lowest BCUT2D eigenvalue weighted by molar-refractivity contribution is -0.0256. The number of alkyl halides is 1. The van der Waals surface area contributed by atoms with Crippen LogP contribution in [0.25, 0.3) is 32.1 Å². The van der Waals surface area contributed by atoms with Gasteiger partial charge in [-0.15, -0.1) is 11.3 Å². The van der Waals surface area contributed by atoms with Crippen LogP contribution in [0.5, 0.6) is 11.8 Å². The fraction of sp³-hybridized carbons (Fsp3) is 0.469. The summed E-state index contributed by atoms with van der Waals surface area (Å²) < 4.78 is 65.3. The van der Waals surface area contributed by atoms with Gasteiger partial charge in [0.05, 0.1) is 32.3 Å². The first-order chi connectivity index (χ1) is 22.2. The van der Waals surface area contributed by atoms with Crippen molar-refractivity contribution in [2.24, 2.45) is 0 Å². The van der Waals surface area contributed by atoms with Crippen molar-refractivity contribution in [3.05, 3.63) is 34.4 Å². The van der Waals surface area contributed by atoms with E-state index in [0.717, 1.165) is 43.6 Å². The summed E-state index contributed by atoms with van der Waals surface area (Å²) in [5, 5.41) is 10.4. The van der Waals surface area contributed by atoms with Gasteiger partial charge in [0.1, 0.15) is 53.7 Å². The van der Waals surface area contributed by atoms with E-state index in [1.54, 1.807) is 0 Å². The van der Waals surface area contributed by atoms with Crippen LogP contribution in [0.1, 0.15) is 37.7 Å². The van der Waals surface area contributed by atoms with Crippen molar-refractivity contribution in [1.29, 1.82) is 5.26 Å². The Morgan fingerprint density at radius 2 is 2.11 bits per heavy atom. The van der Waals surface area contributed by atoms with Gasteiger partial charge in [0, 0.05) is 37.6 Å². The first kappa shape index (κ1) is 29.8. The fourth-order valence-electron chi connectivity index (χ4n) is 7.83. The Balaban J connectivity index is 1.35. The molecule has 3 saturated heterocycles. The van der Waals surface area contributed by atoms with Gasteiger partial charge < -0.3 is 24.8 Å². The average molecular weight is 671 g/mol. The van der Waals surface area contributed by atoms with Gasteiger partial charge in [0.25, 0.3) is 0 Å². The number of halogens is 4.